The first-order valence-corrected chi connectivity index (χ1v) is 13.7. The van der Waals surface area contributed by atoms with Crippen molar-refractivity contribution in [2.45, 2.75) is 58.5 Å². The van der Waals surface area contributed by atoms with Crippen molar-refractivity contribution < 1.29 is 18.3 Å². The number of anilines is 1. The van der Waals surface area contributed by atoms with Crippen molar-refractivity contribution in [3.05, 3.63) is 64.4 Å². The standard InChI is InChI=1S/C30H35F2N5O2/c1-4-37(17(2)3)16-22-14-20(5-6-23(22)18-8-11-39-12-9-18)26-28(32)36-29(33)27(35-26)21-13-19-7-10-34-30(38)25(19)24(31)15-21/h5-6,13-15,17-18H,4,7-12,16H2,1-3H3,(H2,33,36)(H,34,38). The highest BCUT2D eigenvalue weighted by Crippen LogP contribution is 2.35. The van der Waals surface area contributed by atoms with E-state index in [0.717, 1.165) is 44.7 Å². The molecular weight excluding hydrogens is 500 g/mol. The highest BCUT2D eigenvalue weighted by Gasteiger charge is 2.25. The van der Waals surface area contributed by atoms with E-state index in [1.165, 1.54) is 11.6 Å². The lowest BCUT2D eigenvalue weighted by atomic mass is 9.86. The molecule has 5 rings (SSSR count). The highest BCUT2D eigenvalue weighted by molar-refractivity contribution is 5.97. The van der Waals surface area contributed by atoms with Crippen LogP contribution in [0.4, 0.5) is 14.6 Å². The van der Waals surface area contributed by atoms with E-state index in [2.05, 4.69) is 47.0 Å². The zero-order valence-electron chi connectivity index (χ0n) is 22.7. The van der Waals surface area contributed by atoms with Gasteiger partial charge in [-0.1, -0.05) is 19.1 Å². The summed E-state index contributed by atoms with van der Waals surface area (Å²) in [5.41, 5.74) is 10.3. The molecule has 39 heavy (non-hydrogen) atoms. The Morgan fingerprint density at radius 3 is 2.59 bits per heavy atom. The first kappa shape index (κ1) is 27.1. The van der Waals surface area contributed by atoms with Gasteiger partial charge in [-0.25, -0.2) is 9.37 Å². The van der Waals surface area contributed by atoms with E-state index in [1.807, 2.05) is 12.1 Å². The lowest BCUT2D eigenvalue weighted by Crippen LogP contribution is -2.32. The van der Waals surface area contributed by atoms with Gasteiger partial charge in [0, 0.05) is 43.5 Å². The van der Waals surface area contributed by atoms with E-state index in [-0.39, 0.29) is 22.8 Å². The maximum absolute atomic E-state index is 15.3. The molecule has 3 aromatic rings. The fraction of sp³-hybridized carbons (Fsp3) is 0.433. The minimum atomic E-state index is -0.782. The van der Waals surface area contributed by atoms with Gasteiger partial charge in [-0.15, -0.1) is 0 Å². The number of hydrogen-bond donors (Lipinski definition) is 2. The van der Waals surface area contributed by atoms with Crippen molar-refractivity contribution in [1.29, 1.82) is 0 Å². The summed E-state index contributed by atoms with van der Waals surface area (Å²) < 4.78 is 35.8. The predicted octanol–water partition coefficient (Wildman–Crippen LogP) is 5.08. The Morgan fingerprint density at radius 1 is 1.10 bits per heavy atom. The first-order chi connectivity index (χ1) is 18.8. The van der Waals surface area contributed by atoms with Crippen LogP contribution in [0.3, 0.4) is 0 Å². The third-order valence-electron chi connectivity index (χ3n) is 7.82. The Balaban J connectivity index is 1.59. The number of carbonyl (C=O) groups excluding carboxylic acids is 1. The molecule has 3 N–H and O–H groups in total. The van der Waals surface area contributed by atoms with Crippen LogP contribution in [0.5, 0.6) is 0 Å². The number of nitrogens with one attached hydrogen (secondary N) is 1. The number of ether oxygens (including phenoxy) is 1. The van der Waals surface area contributed by atoms with Gasteiger partial charge in [0.1, 0.15) is 17.2 Å². The Hall–Kier alpha value is -3.43. The number of carbonyl (C=O) groups is 1. The third-order valence-corrected chi connectivity index (χ3v) is 7.82. The molecule has 0 radical (unpaired) electrons. The van der Waals surface area contributed by atoms with E-state index >= 15 is 4.39 Å². The lowest BCUT2D eigenvalue weighted by molar-refractivity contribution is 0.0849. The number of fused-ring (bicyclic) bond motifs is 1. The molecule has 0 atom stereocenters. The number of nitrogen functional groups attached to an aromatic ring is 1. The summed E-state index contributed by atoms with van der Waals surface area (Å²) in [7, 11) is 0. The summed E-state index contributed by atoms with van der Waals surface area (Å²) in [4.78, 5) is 23.0. The van der Waals surface area contributed by atoms with Gasteiger partial charge in [0.15, 0.2) is 5.82 Å². The molecule has 0 aliphatic carbocycles. The number of hydrogen-bond acceptors (Lipinski definition) is 6. The van der Waals surface area contributed by atoms with Gasteiger partial charge in [-0.05, 0) is 80.5 Å². The van der Waals surface area contributed by atoms with Crippen molar-refractivity contribution in [1.82, 2.24) is 20.2 Å². The van der Waals surface area contributed by atoms with E-state index in [1.54, 1.807) is 6.07 Å². The fourth-order valence-corrected chi connectivity index (χ4v) is 5.65. The average molecular weight is 536 g/mol. The largest absolute Gasteiger partial charge is 0.382 e. The summed E-state index contributed by atoms with van der Waals surface area (Å²) in [6.45, 7) is 9.96. The maximum atomic E-state index is 15.3. The summed E-state index contributed by atoms with van der Waals surface area (Å²) in [5, 5.41) is 2.65. The summed E-state index contributed by atoms with van der Waals surface area (Å²) >= 11 is 0. The Labute approximate surface area is 227 Å². The first-order valence-electron chi connectivity index (χ1n) is 13.7. The Morgan fingerprint density at radius 2 is 1.87 bits per heavy atom. The van der Waals surface area contributed by atoms with Gasteiger partial charge < -0.3 is 15.8 Å². The number of rotatable bonds is 7. The molecule has 1 fully saturated rings. The van der Waals surface area contributed by atoms with Gasteiger partial charge in [-0.3, -0.25) is 9.69 Å². The number of amides is 1. The second-order valence-corrected chi connectivity index (χ2v) is 10.6. The van der Waals surface area contributed by atoms with Crippen LogP contribution in [0.1, 0.15) is 66.6 Å². The number of nitrogens with zero attached hydrogens (tertiary/aromatic N) is 3. The normalized spacial score (nSPS) is 16.0. The zero-order chi connectivity index (χ0) is 27.7. The van der Waals surface area contributed by atoms with Crippen LogP contribution < -0.4 is 11.1 Å². The van der Waals surface area contributed by atoms with Crippen LogP contribution in [-0.4, -0.2) is 53.1 Å². The van der Waals surface area contributed by atoms with Crippen LogP contribution in [0.2, 0.25) is 0 Å². The molecule has 0 unspecified atom stereocenters. The second kappa shape index (κ2) is 11.4. The molecule has 7 nitrogen and oxygen atoms in total. The maximum Gasteiger partial charge on any atom is 0.254 e. The zero-order valence-corrected chi connectivity index (χ0v) is 22.7. The number of halogens is 2. The van der Waals surface area contributed by atoms with E-state index < -0.39 is 17.7 Å². The van der Waals surface area contributed by atoms with E-state index in [9.17, 15) is 9.18 Å². The van der Waals surface area contributed by atoms with Gasteiger partial charge >= 0.3 is 0 Å². The summed E-state index contributed by atoms with van der Waals surface area (Å²) in [5.74, 6) is -1.65. The molecule has 2 aromatic carbocycles. The van der Waals surface area contributed by atoms with Crippen molar-refractivity contribution in [3.8, 4) is 22.5 Å². The van der Waals surface area contributed by atoms with Crippen LogP contribution in [0, 0.1) is 11.8 Å². The SMILES string of the molecule is CCN(Cc1cc(-c2nc(-c3cc(F)c4c(c3)CCNC4=O)c(N)nc2F)ccc1C1CCOCC1)C(C)C. The molecule has 3 heterocycles. The van der Waals surface area contributed by atoms with Crippen molar-refractivity contribution in [3.63, 3.8) is 0 Å². The Kier molecular flexibility index (Phi) is 7.91. The lowest BCUT2D eigenvalue weighted by Gasteiger charge is -2.29. The minimum Gasteiger partial charge on any atom is -0.382 e. The molecule has 1 aromatic heterocycles. The Bertz CT molecular complexity index is 1390. The van der Waals surface area contributed by atoms with Crippen LogP contribution in [-0.2, 0) is 17.7 Å². The van der Waals surface area contributed by atoms with Gasteiger partial charge in [0.2, 0.25) is 5.95 Å². The number of aromatic nitrogens is 2. The molecule has 2 aliphatic rings. The third kappa shape index (κ3) is 5.51. The fourth-order valence-electron chi connectivity index (χ4n) is 5.65. The highest BCUT2D eigenvalue weighted by atomic mass is 19.1. The van der Waals surface area contributed by atoms with Crippen molar-refractivity contribution >= 4 is 11.7 Å². The molecule has 9 heteroatoms. The number of nitrogens with two attached hydrogens (primary N) is 1. The minimum absolute atomic E-state index is 0.0258. The van der Waals surface area contributed by atoms with Crippen molar-refractivity contribution in [2.75, 3.05) is 32.0 Å². The summed E-state index contributed by atoms with van der Waals surface area (Å²) in [6, 6.07) is 9.21. The van der Waals surface area contributed by atoms with Gasteiger partial charge in [0.05, 0.1) is 5.56 Å². The molecule has 206 valence electrons. The van der Waals surface area contributed by atoms with Crippen LogP contribution in [0.15, 0.2) is 30.3 Å². The molecule has 1 saturated heterocycles. The average Bonchev–Trinajstić information content (AvgIpc) is 2.92. The quantitative estimate of drug-likeness (QED) is 0.438. The topological polar surface area (TPSA) is 93.4 Å². The predicted molar refractivity (Wildman–Crippen MR) is 147 cm³/mol. The van der Waals surface area contributed by atoms with Crippen LogP contribution >= 0.6 is 0 Å². The molecule has 0 bridgehead atoms. The van der Waals surface area contributed by atoms with E-state index in [0.29, 0.717) is 41.6 Å². The monoisotopic (exact) mass is 535 g/mol. The van der Waals surface area contributed by atoms with Gasteiger partial charge in [-0.2, -0.15) is 9.37 Å². The van der Waals surface area contributed by atoms with E-state index in [4.69, 9.17) is 10.5 Å². The smallest absolute Gasteiger partial charge is 0.254 e. The van der Waals surface area contributed by atoms with Crippen LogP contribution in [0.25, 0.3) is 22.5 Å². The molecule has 0 spiro atoms. The number of benzene rings is 2. The molecular formula is C30H35F2N5O2. The molecule has 0 saturated carbocycles. The second-order valence-electron chi connectivity index (χ2n) is 10.6. The van der Waals surface area contributed by atoms with Gasteiger partial charge in [0.25, 0.3) is 5.91 Å². The molecule has 2 aliphatic heterocycles. The molecule has 1 amide bonds. The van der Waals surface area contributed by atoms with Crippen molar-refractivity contribution in [2.24, 2.45) is 0 Å². The summed E-state index contributed by atoms with van der Waals surface area (Å²) in [6.07, 6.45) is 2.37.